The second-order valence-corrected chi connectivity index (χ2v) is 5.18. The normalized spacial score (nSPS) is 11.1. The Morgan fingerprint density at radius 2 is 1.78 bits per heavy atom. The molecule has 0 atom stereocenters. The molecule has 0 saturated carbocycles. The van der Waals surface area contributed by atoms with Crippen molar-refractivity contribution in [1.29, 1.82) is 0 Å². The molecule has 6 heteroatoms. The molecule has 0 unspecified atom stereocenters. The number of nitrogens with zero attached hydrogens (tertiary/aromatic N) is 1. The van der Waals surface area contributed by atoms with E-state index < -0.39 is 0 Å². The Morgan fingerprint density at radius 1 is 1.13 bits per heavy atom. The molecule has 0 aliphatic carbocycles. The van der Waals surface area contributed by atoms with E-state index in [4.69, 9.17) is 9.47 Å². The fourth-order valence-electron chi connectivity index (χ4n) is 1.94. The van der Waals surface area contributed by atoms with Gasteiger partial charge in [0.05, 0.1) is 12.7 Å². The van der Waals surface area contributed by atoms with E-state index in [1.54, 1.807) is 7.05 Å². The Kier molecular flexibility index (Phi) is 12.8. The van der Waals surface area contributed by atoms with E-state index in [0.29, 0.717) is 6.61 Å². The maximum atomic E-state index is 5.64. The van der Waals surface area contributed by atoms with E-state index in [1.165, 1.54) is 5.56 Å². The zero-order valence-electron chi connectivity index (χ0n) is 14.6. The molecule has 0 fully saturated rings. The van der Waals surface area contributed by atoms with Gasteiger partial charge in [-0.1, -0.05) is 12.1 Å². The number of hydrogen-bond acceptors (Lipinski definition) is 3. The molecule has 0 aliphatic heterocycles. The van der Waals surface area contributed by atoms with Crippen molar-refractivity contribution in [3.05, 3.63) is 29.8 Å². The van der Waals surface area contributed by atoms with E-state index in [0.717, 1.165) is 37.8 Å². The largest absolute Gasteiger partial charge is 0.491 e. The topological polar surface area (TPSA) is 54.9 Å². The summed E-state index contributed by atoms with van der Waals surface area (Å²) >= 11 is 0. The van der Waals surface area contributed by atoms with Crippen molar-refractivity contribution in [3.8, 4) is 5.75 Å². The maximum absolute atomic E-state index is 5.64. The molecular formula is C17H30IN3O2. The fourth-order valence-corrected chi connectivity index (χ4v) is 1.94. The van der Waals surface area contributed by atoms with Crippen molar-refractivity contribution in [2.24, 2.45) is 4.99 Å². The Balaban J connectivity index is 0.00000484. The molecule has 1 rings (SSSR count). The minimum atomic E-state index is 0. The van der Waals surface area contributed by atoms with E-state index in [-0.39, 0.29) is 30.1 Å². The highest BCUT2D eigenvalue weighted by molar-refractivity contribution is 14.0. The second-order valence-electron chi connectivity index (χ2n) is 5.18. The van der Waals surface area contributed by atoms with Crippen LogP contribution < -0.4 is 15.4 Å². The van der Waals surface area contributed by atoms with Gasteiger partial charge in [0, 0.05) is 26.7 Å². The van der Waals surface area contributed by atoms with Crippen LogP contribution in [0.3, 0.4) is 0 Å². The molecule has 0 aliphatic rings. The molecule has 132 valence electrons. The summed E-state index contributed by atoms with van der Waals surface area (Å²) in [4.78, 5) is 4.18. The van der Waals surface area contributed by atoms with Crippen LogP contribution in [0.5, 0.6) is 5.75 Å². The van der Waals surface area contributed by atoms with Crippen LogP contribution >= 0.6 is 24.0 Å². The van der Waals surface area contributed by atoms with Crippen LogP contribution in [0.4, 0.5) is 0 Å². The Morgan fingerprint density at radius 3 is 2.35 bits per heavy atom. The van der Waals surface area contributed by atoms with Crippen LogP contribution in [0.25, 0.3) is 0 Å². The van der Waals surface area contributed by atoms with Gasteiger partial charge in [0.15, 0.2) is 5.96 Å². The molecule has 0 aromatic heterocycles. The lowest BCUT2D eigenvalue weighted by atomic mass is 10.1. The molecule has 1 aromatic rings. The molecule has 0 heterocycles. The lowest BCUT2D eigenvalue weighted by Crippen LogP contribution is -2.39. The van der Waals surface area contributed by atoms with Crippen molar-refractivity contribution >= 4 is 29.9 Å². The molecular weight excluding hydrogens is 405 g/mol. The smallest absolute Gasteiger partial charge is 0.191 e. The predicted octanol–water partition coefficient (Wildman–Crippen LogP) is 2.84. The van der Waals surface area contributed by atoms with Crippen molar-refractivity contribution in [2.45, 2.75) is 33.3 Å². The van der Waals surface area contributed by atoms with Gasteiger partial charge < -0.3 is 20.1 Å². The maximum Gasteiger partial charge on any atom is 0.191 e. The lowest BCUT2D eigenvalue weighted by Gasteiger charge is -2.12. The number of ether oxygens (including phenoxy) is 2. The monoisotopic (exact) mass is 435 g/mol. The first kappa shape index (κ1) is 22.0. The summed E-state index contributed by atoms with van der Waals surface area (Å²) in [5.74, 6) is 1.72. The van der Waals surface area contributed by atoms with Gasteiger partial charge in [-0.15, -0.1) is 24.0 Å². The van der Waals surface area contributed by atoms with E-state index in [9.17, 15) is 0 Å². The van der Waals surface area contributed by atoms with Crippen molar-refractivity contribution < 1.29 is 9.47 Å². The van der Waals surface area contributed by atoms with Gasteiger partial charge in [-0.25, -0.2) is 0 Å². The quantitative estimate of drug-likeness (QED) is 0.271. The molecule has 5 nitrogen and oxygen atoms in total. The van der Waals surface area contributed by atoms with Gasteiger partial charge in [0.2, 0.25) is 0 Å². The van der Waals surface area contributed by atoms with E-state index in [2.05, 4.69) is 27.8 Å². The average molecular weight is 435 g/mol. The average Bonchev–Trinajstić information content (AvgIpc) is 2.51. The number of aliphatic imine (C=N–C) groups is 1. The molecule has 23 heavy (non-hydrogen) atoms. The first-order chi connectivity index (χ1) is 10.7. The van der Waals surface area contributed by atoms with Crippen LogP contribution in [0, 0.1) is 0 Å². The van der Waals surface area contributed by atoms with Gasteiger partial charge in [-0.3, -0.25) is 4.99 Å². The van der Waals surface area contributed by atoms with Crippen LogP contribution in [-0.4, -0.2) is 45.4 Å². The highest BCUT2D eigenvalue weighted by Gasteiger charge is 2.00. The summed E-state index contributed by atoms with van der Waals surface area (Å²) in [6.07, 6.45) is 1.15. The van der Waals surface area contributed by atoms with Crippen LogP contribution in [0.1, 0.15) is 26.3 Å². The SMILES string of the molecule is CCOCCNC(=NC)NCCc1ccc(OC(C)C)cc1.I. The van der Waals surface area contributed by atoms with E-state index in [1.807, 2.05) is 32.9 Å². The Bertz CT molecular complexity index is 436. The number of rotatable bonds is 9. The number of benzene rings is 1. The van der Waals surface area contributed by atoms with E-state index >= 15 is 0 Å². The summed E-state index contributed by atoms with van der Waals surface area (Å²) in [7, 11) is 1.77. The van der Waals surface area contributed by atoms with Crippen LogP contribution in [0.15, 0.2) is 29.3 Å². The Labute approximate surface area is 157 Å². The third-order valence-electron chi connectivity index (χ3n) is 2.97. The Hall–Kier alpha value is -1.02. The number of halogens is 1. The molecule has 0 radical (unpaired) electrons. The number of hydrogen-bond donors (Lipinski definition) is 2. The van der Waals surface area contributed by atoms with Crippen molar-refractivity contribution in [1.82, 2.24) is 10.6 Å². The third-order valence-corrected chi connectivity index (χ3v) is 2.97. The summed E-state index contributed by atoms with van der Waals surface area (Å²) < 4.78 is 10.9. The zero-order valence-corrected chi connectivity index (χ0v) is 16.9. The highest BCUT2D eigenvalue weighted by atomic mass is 127. The van der Waals surface area contributed by atoms with Gasteiger partial charge >= 0.3 is 0 Å². The summed E-state index contributed by atoms with van der Waals surface area (Å²) in [5.41, 5.74) is 1.27. The number of guanidine groups is 1. The molecule has 0 amide bonds. The lowest BCUT2D eigenvalue weighted by molar-refractivity contribution is 0.152. The zero-order chi connectivity index (χ0) is 16.2. The van der Waals surface area contributed by atoms with Crippen LogP contribution in [-0.2, 0) is 11.2 Å². The first-order valence-electron chi connectivity index (χ1n) is 7.93. The molecule has 0 bridgehead atoms. The molecule has 2 N–H and O–H groups in total. The molecule has 0 saturated heterocycles. The van der Waals surface area contributed by atoms with Gasteiger partial charge in [-0.2, -0.15) is 0 Å². The minimum absolute atomic E-state index is 0. The summed E-state index contributed by atoms with van der Waals surface area (Å²) in [6, 6.07) is 8.24. The standard InChI is InChI=1S/C17H29N3O2.HI/c1-5-21-13-12-20-17(18-4)19-11-10-15-6-8-16(9-7-15)22-14(2)3;/h6-9,14H,5,10-13H2,1-4H3,(H2,18,19,20);1H. The minimum Gasteiger partial charge on any atom is -0.491 e. The van der Waals surface area contributed by atoms with Gasteiger partial charge in [0.1, 0.15) is 5.75 Å². The second kappa shape index (κ2) is 13.4. The fraction of sp³-hybridized carbons (Fsp3) is 0.588. The van der Waals surface area contributed by atoms with Gasteiger partial charge in [0.25, 0.3) is 0 Å². The van der Waals surface area contributed by atoms with Crippen molar-refractivity contribution in [2.75, 3.05) is 33.4 Å². The van der Waals surface area contributed by atoms with Crippen molar-refractivity contribution in [3.63, 3.8) is 0 Å². The number of nitrogens with one attached hydrogen (secondary N) is 2. The highest BCUT2D eigenvalue weighted by Crippen LogP contribution is 2.13. The van der Waals surface area contributed by atoms with Gasteiger partial charge in [-0.05, 0) is 44.9 Å². The predicted molar refractivity (Wildman–Crippen MR) is 107 cm³/mol. The summed E-state index contributed by atoms with van der Waals surface area (Å²) in [6.45, 7) is 9.07. The first-order valence-corrected chi connectivity index (χ1v) is 7.93. The van der Waals surface area contributed by atoms with Crippen LogP contribution in [0.2, 0.25) is 0 Å². The third kappa shape index (κ3) is 10.4. The summed E-state index contributed by atoms with van der Waals surface area (Å²) in [5, 5.41) is 6.51. The molecule has 0 spiro atoms. The molecule has 1 aromatic carbocycles.